The highest BCUT2D eigenvalue weighted by Crippen LogP contribution is 2.31. The van der Waals surface area contributed by atoms with Crippen molar-refractivity contribution in [2.75, 3.05) is 36.6 Å². The molecule has 1 aliphatic rings. The number of hydrogen-bond donors (Lipinski definition) is 3. The fourth-order valence-electron chi connectivity index (χ4n) is 4.22. The van der Waals surface area contributed by atoms with Crippen molar-refractivity contribution in [2.45, 2.75) is 19.9 Å². The van der Waals surface area contributed by atoms with Gasteiger partial charge in [-0.25, -0.2) is 4.98 Å². The monoisotopic (exact) mass is 498 g/mol. The highest BCUT2D eigenvalue weighted by Gasteiger charge is 2.34. The number of ether oxygens (including phenoxy) is 2. The van der Waals surface area contributed by atoms with Gasteiger partial charge in [0.15, 0.2) is 5.82 Å². The molecule has 4 aromatic rings. The zero-order valence-electron chi connectivity index (χ0n) is 20.4. The predicted molar refractivity (Wildman–Crippen MR) is 139 cm³/mol. The molecule has 5 rings (SSSR count). The zero-order valence-corrected chi connectivity index (χ0v) is 20.4. The quantitative estimate of drug-likeness (QED) is 0.345. The lowest BCUT2D eigenvalue weighted by Gasteiger charge is -2.37. The van der Waals surface area contributed by atoms with Crippen molar-refractivity contribution in [1.82, 2.24) is 19.5 Å². The summed E-state index contributed by atoms with van der Waals surface area (Å²) in [5.74, 6) is 0.902. The molecular formula is C26H26N8O3. The molecule has 0 spiro atoms. The largest absolute Gasteiger partial charge is 0.492 e. The summed E-state index contributed by atoms with van der Waals surface area (Å²) in [6.07, 6.45) is 0. The fraction of sp³-hybridized carbons (Fsp3) is 0.269. The number of benzene rings is 2. The van der Waals surface area contributed by atoms with Gasteiger partial charge in [-0.05, 0) is 31.2 Å². The van der Waals surface area contributed by atoms with Crippen LogP contribution in [0.5, 0.6) is 5.75 Å². The highest BCUT2D eigenvalue weighted by atomic mass is 16.5. The minimum atomic E-state index is -0.575. The molecule has 11 nitrogen and oxygen atoms in total. The summed E-state index contributed by atoms with van der Waals surface area (Å²) in [7, 11) is 0. The molecule has 37 heavy (non-hydrogen) atoms. The maximum atomic E-state index is 14.0. The Hall–Kier alpha value is -4.69. The normalized spacial score (nSPS) is 14.9. The molecule has 188 valence electrons. The van der Waals surface area contributed by atoms with Crippen molar-refractivity contribution < 1.29 is 9.47 Å². The van der Waals surface area contributed by atoms with Gasteiger partial charge in [-0.1, -0.05) is 31.2 Å². The molecule has 1 aliphatic heterocycles. The van der Waals surface area contributed by atoms with E-state index in [1.165, 1.54) is 4.57 Å². The Labute approximate surface area is 212 Å². The lowest BCUT2D eigenvalue weighted by Crippen LogP contribution is -2.44. The predicted octanol–water partition coefficient (Wildman–Crippen LogP) is 2.80. The van der Waals surface area contributed by atoms with E-state index < -0.39 is 6.04 Å². The summed E-state index contributed by atoms with van der Waals surface area (Å²) >= 11 is 0. The van der Waals surface area contributed by atoms with Gasteiger partial charge in [0, 0.05) is 5.41 Å². The van der Waals surface area contributed by atoms with Crippen LogP contribution < -0.4 is 27.1 Å². The van der Waals surface area contributed by atoms with Gasteiger partial charge in [0.25, 0.3) is 5.56 Å². The molecule has 2 aromatic heterocycles. The van der Waals surface area contributed by atoms with Gasteiger partial charge in [0.1, 0.15) is 34.4 Å². The van der Waals surface area contributed by atoms with Gasteiger partial charge in [0.2, 0.25) is 5.95 Å². The van der Waals surface area contributed by atoms with Crippen LogP contribution in [0.2, 0.25) is 0 Å². The average Bonchev–Trinajstić information content (AvgIpc) is 2.86. The summed E-state index contributed by atoms with van der Waals surface area (Å²) < 4.78 is 13.0. The minimum absolute atomic E-state index is 0.0380. The summed E-state index contributed by atoms with van der Waals surface area (Å²) in [4.78, 5) is 26.9. The van der Waals surface area contributed by atoms with Crippen LogP contribution in [0.4, 0.5) is 17.6 Å². The second kappa shape index (κ2) is 9.40. The number of hydrogen-bond acceptors (Lipinski definition) is 10. The van der Waals surface area contributed by atoms with E-state index in [-0.39, 0.29) is 34.1 Å². The Morgan fingerprint density at radius 1 is 1.16 bits per heavy atom. The third kappa shape index (κ3) is 4.50. The molecule has 0 radical (unpaired) electrons. The summed E-state index contributed by atoms with van der Waals surface area (Å²) in [5.41, 5.74) is 12.4. The van der Waals surface area contributed by atoms with Gasteiger partial charge in [-0.3, -0.25) is 9.36 Å². The van der Waals surface area contributed by atoms with E-state index in [9.17, 15) is 10.1 Å². The first kappa shape index (κ1) is 24.0. The van der Waals surface area contributed by atoms with Crippen LogP contribution in [0, 0.1) is 16.7 Å². The third-order valence-corrected chi connectivity index (χ3v) is 6.18. The Morgan fingerprint density at radius 3 is 2.59 bits per heavy atom. The van der Waals surface area contributed by atoms with Gasteiger partial charge >= 0.3 is 0 Å². The standard InChI is InChI=1S/C26H26N8O3/c1-15(30-22-17(11-27)21(28)32-25(29)33-22)23-31-18-9-6-10-19(37-14-26(2)12-36-13-26)20(18)24(35)34(23)16-7-4-3-5-8-16/h3-10,15H,12-14H2,1-2H3,(H5,28,29,30,32,33). The smallest absolute Gasteiger partial charge is 0.269 e. The molecule has 1 saturated heterocycles. The Morgan fingerprint density at radius 2 is 1.92 bits per heavy atom. The lowest BCUT2D eigenvalue weighted by molar-refractivity contribution is -0.120. The first-order valence-electron chi connectivity index (χ1n) is 11.7. The molecule has 1 fully saturated rings. The molecule has 0 saturated carbocycles. The summed E-state index contributed by atoms with van der Waals surface area (Å²) in [5, 5.41) is 13.1. The van der Waals surface area contributed by atoms with Crippen molar-refractivity contribution >= 4 is 28.5 Å². The molecule has 5 N–H and O–H groups in total. The number of nitrogens with one attached hydrogen (secondary N) is 1. The second-order valence-corrected chi connectivity index (χ2v) is 9.36. The van der Waals surface area contributed by atoms with E-state index in [4.69, 9.17) is 25.9 Å². The second-order valence-electron chi connectivity index (χ2n) is 9.36. The Kier molecular flexibility index (Phi) is 6.11. The number of nitrogen functional groups attached to an aromatic ring is 2. The third-order valence-electron chi connectivity index (χ3n) is 6.18. The number of aromatic nitrogens is 4. The maximum Gasteiger partial charge on any atom is 0.269 e. The minimum Gasteiger partial charge on any atom is -0.492 e. The lowest BCUT2D eigenvalue weighted by atomic mass is 9.90. The number of nitrogens with zero attached hydrogens (tertiary/aromatic N) is 5. The maximum absolute atomic E-state index is 14.0. The molecule has 0 aliphatic carbocycles. The van der Waals surface area contributed by atoms with E-state index in [1.807, 2.05) is 36.4 Å². The van der Waals surface area contributed by atoms with E-state index in [0.29, 0.717) is 48.0 Å². The van der Waals surface area contributed by atoms with E-state index in [0.717, 1.165) is 0 Å². The zero-order chi connectivity index (χ0) is 26.2. The van der Waals surface area contributed by atoms with Crippen LogP contribution >= 0.6 is 0 Å². The van der Waals surface area contributed by atoms with E-state index in [1.54, 1.807) is 25.1 Å². The number of rotatable bonds is 7. The average molecular weight is 499 g/mol. The van der Waals surface area contributed by atoms with Crippen molar-refractivity contribution in [3.63, 3.8) is 0 Å². The van der Waals surface area contributed by atoms with Crippen LogP contribution in [0.1, 0.15) is 31.3 Å². The number of anilines is 3. The Balaban J connectivity index is 1.64. The van der Waals surface area contributed by atoms with Crippen molar-refractivity contribution in [3.8, 4) is 17.5 Å². The molecule has 0 amide bonds. The van der Waals surface area contributed by atoms with Gasteiger partial charge in [-0.2, -0.15) is 15.2 Å². The van der Waals surface area contributed by atoms with Crippen LogP contribution in [0.15, 0.2) is 53.3 Å². The molecule has 0 bridgehead atoms. The topological polar surface area (TPSA) is 167 Å². The van der Waals surface area contributed by atoms with Crippen LogP contribution in [0.25, 0.3) is 16.6 Å². The summed E-state index contributed by atoms with van der Waals surface area (Å²) in [6.45, 7) is 5.53. The highest BCUT2D eigenvalue weighted by molar-refractivity contribution is 5.84. The van der Waals surface area contributed by atoms with Crippen LogP contribution in [-0.4, -0.2) is 39.3 Å². The molecule has 1 unspecified atom stereocenters. The van der Waals surface area contributed by atoms with Crippen LogP contribution in [0.3, 0.4) is 0 Å². The number of para-hydroxylation sites is 1. The molecule has 3 heterocycles. The number of nitrogens with two attached hydrogens (primary N) is 2. The summed E-state index contributed by atoms with van der Waals surface area (Å²) in [6, 6.07) is 16.0. The van der Waals surface area contributed by atoms with Gasteiger partial charge < -0.3 is 26.3 Å². The SMILES string of the molecule is CC(Nc1nc(N)nc(N)c1C#N)c1nc2cccc(OCC3(C)COC3)c2c(=O)n1-c1ccccc1. The van der Waals surface area contributed by atoms with E-state index >= 15 is 0 Å². The molecule has 2 aromatic carbocycles. The molecular weight excluding hydrogens is 472 g/mol. The van der Waals surface area contributed by atoms with Gasteiger partial charge in [0.05, 0.1) is 37.1 Å². The van der Waals surface area contributed by atoms with Crippen molar-refractivity contribution in [1.29, 1.82) is 5.26 Å². The first-order valence-corrected chi connectivity index (χ1v) is 11.7. The molecule has 1 atom stereocenters. The van der Waals surface area contributed by atoms with Crippen molar-refractivity contribution in [3.05, 3.63) is 70.3 Å². The van der Waals surface area contributed by atoms with Gasteiger partial charge in [-0.15, -0.1) is 0 Å². The fourth-order valence-corrected chi connectivity index (χ4v) is 4.22. The van der Waals surface area contributed by atoms with Crippen LogP contribution in [-0.2, 0) is 4.74 Å². The number of nitriles is 1. The molecule has 11 heteroatoms. The first-order chi connectivity index (χ1) is 17.8. The number of fused-ring (bicyclic) bond motifs is 1. The Bertz CT molecular complexity index is 1580. The van der Waals surface area contributed by atoms with E-state index in [2.05, 4.69) is 22.2 Å². The van der Waals surface area contributed by atoms with Crippen molar-refractivity contribution in [2.24, 2.45) is 5.41 Å².